The number of esters is 1. The fraction of sp³-hybridized carbons (Fsp3) is 0.238. The van der Waals surface area contributed by atoms with E-state index in [9.17, 15) is 9.59 Å². The van der Waals surface area contributed by atoms with Gasteiger partial charge in [0.25, 0.3) is 0 Å². The van der Waals surface area contributed by atoms with Gasteiger partial charge >= 0.3 is 5.97 Å². The number of aromatic nitrogens is 1. The third-order valence-electron chi connectivity index (χ3n) is 4.53. The monoisotopic (exact) mass is 428 g/mol. The van der Waals surface area contributed by atoms with E-state index in [1.54, 1.807) is 0 Å². The second kappa shape index (κ2) is 8.39. The lowest BCUT2D eigenvalue weighted by Crippen LogP contribution is -2.33. The number of carbonyl (C=O) groups excluding carboxylic acids is 2. The number of para-hydroxylation sites is 1. The molecule has 5 nitrogen and oxygen atoms in total. The van der Waals surface area contributed by atoms with Crippen LogP contribution in [-0.4, -0.2) is 23.6 Å². The minimum Gasteiger partial charge on any atom is -0.469 e. The molecule has 1 unspecified atom stereocenters. The average molecular weight is 429 g/mol. The molecule has 0 fully saturated rings. The second-order valence-electron chi connectivity index (χ2n) is 6.38. The van der Waals surface area contributed by atoms with Gasteiger partial charge in [-0.2, -0.15) is 0 Å². The molecule has 0 radical (unpaired) electrons. The van der Waals surface area contributed by atoms with Crippen LogP contribution in [0.3, 0.4) is 0 Å². The van der Waals surface area contributed by atoms with E-state index in [0.29, 0.717) is 0 Å². The first-order chi connectivity index (χ1) is 13.0. The van der Waals surface area contributed by atoms with Crippen LogP contribution < -0.4 is 5.32 Å². The van der Waals surface area contributed by atoms with Crippen LogP contribution >= 0.6 is 15.9 Å². The van der Waals surface area contributed by atoms with Crippen molar-refractivity contribution < 1.29 is 14.3 Å². The molecular formula is C21H21BrN2O3. The van der Waals surface area contributed by atoms with Crippen molar-refractivity contribution in [1.82, 2.24) is 9.88 Å². The molecule has 1 heterocycles. The van der Waals surface area contributed by atoms with E-state index in [4.69, 9.17) is 4.74 Å². The molecular weight excluding hydrogens is 408 g/mol. The van der Waals surface area contributed by atoms with Gasteiger partial charge in [0.1, 0.15) is 6.54 Å². The van der Waals surface area contributed by atoms with E-state index >= 15 is 0 Å². The number of hydrogen-bond donors (Lipinski definition) is 1. The third-order valence-corrected chi connectivity index (χ3v) is 5.05. The molecule has 0 aliphatic heterocycles. The van der Waals surface area contributed by atoms with Crippen LogP contribution in [0.25, 0.3) is 10.9 Å². The summed E-state index contributed by atoms with van der Waals surface area (Å²) in [5, 5.41) is 4.07. The van der Waals surface area contributed by atoms with Gasteiger partial charge in [-0.25, -0.2) is 0 Å². The first-order valence-corrected chi connectivity index (χ1v) is 9.43. The lowest BCUT2D eigenvalue weighted by Gasteiger charge is -2.19. The number of halogens is 1. The number of nitrogens with one attached hydrogen (secondary N) is 1. The number of amides is 1. The van der Waals surface area contributed by atoms with Crippen LogP contribution in [0.4, 0.5) is 0 Å². The summed E-state index contributed by atoms with van der Waals surface area (Å²) >= 11 is 3.40. The quantitative estimate of drug-likeness (QED) is 0.600. The Balaban J connectivity index is 1.80. The zero-order chi connectivity index (χ0) is 19.4. The van der Waals surface area contributed by atoms with Gasteiger partial charge in [0.2, 0.25) is 5.91 Å². The molecule has 0 bridgehead atoms. The Morgan fingerprint density at radius 3 is 2.56 bits per heavy atom. The van der Waals surface area contributed by atoms with E-state index in [1.165, 1.54) is 7.11 Å². The highest BCUT2D eigenvalue weighted by Crippen LogP contribution is 2.22. The van der Waals surface area contributed by atoms with Crippen LogP contribution in [0.2, 0.25) is 0 Å². The molecule has 6 heteroatoms. The number of fused-ring (bicyclic) bond motifs is 1. The minimum absolute atomic E-state index is 0.0787. The predicted molar refractivity (Wildman–Crippen MR) is 108 cm³/mol. The standard InChI is InChI=1S/C21H21BrN2O3/c1-14-11-16-5-3-4-6-19(16)24(14)13-20(25)23-18(12-21(26)27-2)15-7-9-17(22)10-8-15/h3-11,18H,12-13H2,1-2H3,(H,23,25). The Labute approximate surface area is 166 Å². The number of benzene rings is 2. The fourth-order valence-electron chi connectivity index (χ4n) is 3.14. The van der Waals surface area contributed by atoms with E-state index in [-0.39, 0.29) is 24.8 Å². The van der Waals surface area contributed by atoms with E-state index in [1.807, 2.05) is 60.0 Å². The van der Waals surface area contributed by atoms with E-state index in [2.05, 4.69) is 27.3 Å². The molecule has 0 spiro atoms. The van der Waals surface area contributed by atoms with Crippen molar-refractivity contribution in [2.45, 2.75) is 25.9 Å². The summed E-state index contributed by atoms with van der Waals surface area (Å²) in [6.45, 7) is 2.17. The molecule has 2 aromatic carbocycles. The Morgan fingerprint density at radius 1 is 1.15 bits per heavy atom. The number of aryl methyl sites for hydroxylation is 1. The molecule has 1 atom stereocenters. The first-order valence-electron chi connectivity index (χ1n) is 8.64. The van der Waals surface area contributed by atoms with Gasteiger partial charge in [-0.05, 0) is 42.1 Å². The highest BCUT2D eigenvalue weighted by atomic mass is 79.9. The normalized spacial score (nSPS) is 12.0. The van der Waals surface area contributed by atoms with Crippen LogP contribution in [0.1, 0.15) is 23.7 Å². The van der Waals surface area contributed by atoms with Crippen LogP contribution in [0, 0.1) is 6.92 Å². The molecule has 0 aliphatic carbocycles. The first kappa shape index (κ1) is 19.2. The number of nitrogens with zero attached hydrogens (tertiary/aromatic N) is 1. The van der Waals surface area contributed by atoms with Crippen molar-refractivity contribution in [1.29, 1.82) is 0 Å². The Hall–Kier alpha value is -2.60. The van der Waals surface area contributed by atoms with Gasteiger partial charge in [0.15, 0.2) is 0 Å². The van der Waals surface area contributed by atoms with Gasteiger partial charge in [0.05, 0.1) is 19.6 Å². The highest BCUT2D eigenvalue weighted by molar-refractivity contribution is 9.10. The van der Waals surface area contributed by atoms with Crippen molar-refractivity contribution >= 4 is 38.7 Å². The number of ether oxygens (including phenoxy) is 1. The maximum atomic E-state index is 12.7. The summed E-state index contributed by atoms with van der Waals surface area (Å²) in [5.74, 6) is -0.526. The van der Waals surface area contributed by atoms with Gasteiger partial charge in [-0.1, -0.05) is 46.3 Å². The second-order valence-corrected chi connectivity index (χ2v) is 7.30. The van der Waals surface area contributed by atoms with Crippen molar-refractivity contribution in [2.24, 2.45) is 0 Å². The van der Waals surface area contributed by atoms with Crippen LogP contribution in [0.5, 0.6) is 0 Å². The number of carbonyl (C=O) groups is 2. The van der Waals surface area contributed by atoms with Crippen molar-refractivity contribution in [3.05, 3.63) is 70.3 Å². The molecule has 1 amide bonds. The minimum atomic E-state index is -0.444. The summed E-state index contributed by atoms with van der Waals surface area (Å²) in [6.07, 6.45) is 0.0787. The molecule has 0 aliphatic rings. The zero-order valence-corrected chi connectivity index (χ0v) is 16.8. The smallest absolute Gasteiger partial charge is 0.307 e. The van der Waals surface area contributed by atoms with Crippen molar-refractivity contribution in [3.63, 3.8) is 0 Å². The summed E-state index contributed by atoms with van der Waals surface area (Å²) in [7, 11) is 1.35. The Morgan fingerprint density at radius 2 is 1.85 bits per heavy atom. The molecule has 140 valence electrons. The zero-order valence-electron chi connectivity index (χ0n) is 15.2. The average Bonchev–Trinajstić information content (AvgIpc) is 2.97. The largest absolute Gasteiger partial charge is 0.469 e. The van der Waals surface area contributed by atoms with Gasteiger partial charge in [0, 0.05) is 15.7 Å². The van der Waals surface area contributed by atoms with Gasteiger partial charge in [-0.15, -0.1) is 0 Å². The number of hydrogen-bond acceptors (Lipinski definition) is 3. The Bertz CT molecular complexity index is 963. The third kappa shape index (κ3) is 4.57. The van der Waals surface area contributed by atoms with Crippen molar-refractivity contribution in [3.8, 4) is 0 Å². The van der Waals surface area contributed by atoms with Gasteiger partial charge < -0.3 is 14.6 Å². The fourth-order valence-corrected chi connectivity index (χ4v) is 3.40. The molecule has 1 N–H and O–H groups in total. The molecule has 1 aromatic heterocycles. The Kier molecular flexibility index (Phi) is 5.96. The van der Waals surface area contributed by atoms with Crippen molar-refractivity contribution in [2.75, 3.05) is 7.11 Å². The van der Waals surface area contributed by atoms with Crippen LogP contribution in [-0.2, 0) is 20.9 Å². The van der Waals surface area contributed by atoms with Gasteiger partial charge in [-0.3, -0.25) is 9.59 Å². The van der Waals surface area contributed by atoms with E-state index in [0.717, 1.165) is 26.6 Å². The maximum absolute atomic E-state index is 12.7. The summed E-state index contributed by atoms with van der Waals surface area (Å²) in [4.78, 5) is 24.5. The van der Waals surface area contributed by atoms with E-state index < -0.39 is 6.04 Å². The van der Waals surface area contributed by atoms with Crippen LogP contribution in [0.15, 0.2) is 59.1 Å². The molecule has 3 aromatic rings. The lowest BCUT2D eigenvalue weighted by molar-refractivity contribution is -0.141. The molecule has 0 saturated heterocycles. The molecule has 0 saturated carbocycles. The number of rotatable bonds is 6. The highest BCUT2D eigenvalue weighted by Gasteiger charge is 2.20. The lowest BCUT2D eigenvalue weighted by atomic mass is 10.0. The molecule has 27 heavy (non-hydrogen) atoms. The summed E-state index contributed by atoms with van der Waals surface area (Å²) in [6, 6.07) is 17.1. The predicted octanol–water partition coefficient (Wildman–Crippen LogP) is 4.13. The topological polar surface area (TPSA) is 60.3 Å². The number of methoxy groups -OCH3 is 1. The maximum Gasteiger partial charge on any atom is 0.307 e. The SMILES string of the molecule is COC(=O)CC(NC(=O)Cn1c(C)cc2ccccc21)c1ccc(Br)cc1. The summed E-state index contributed by atoms with van der Waals surface area (Å²) in [5.41, 5.74) is 2.88. The molecule has 3 rings (SSSR count). The summed E-state index contributed by atoms with van der Waals surface area (Å²) < 4.78 is 7.69.